The summed E-state index contributed by atoms with van der Waals surface area (Å²) in [6.07, 6.45) is 0.754. The Morgan fingerprint density at radius 2 is 1.04 bits per heavy atom. The Morgan fingerprint density at radius 1 is 0.696 bits per heavy atom. The van der Waals surface area contributed by atoms with Gasteiger partial charge in [0.1, 0.15) is 18.3 Å². The van der Waals surface area contributed by atoms with Crippen molar-refractivity contribution < 1.29 is 33.2 Å². The average Bonchev–Trinajstić information content (AvgIpc) is 3.35. The first-order valence-electron chi connectivity index (χ1n) is 8.45. The molecule has 3 saturated heterocycles. The molecule has 3 unspecified atom stereocenters. The smallest absolute Gasteiger partial charge is 0.104 e. The third kappa shape index (κ3) is 7.01. The van der Waals surface area contributed by atoms with Crippen molar-refractivity contribution in [3.8, 4) is 0 Å². The maximum Gasteiger partial charge on any atom is 0.104 e. The molecule has 3 atom stereocenters. The number of epoxide rings is 3. The Bertz CT molecular complexity index is 294. The van der Waals surface area contributed by atoms with Crippen LogP contribution in [0.15, 0.2) is 0 Å². The van der Waals surface area contributed by atoms with E-state index < -0.39 is 0 Å². The molecule has 0 bridgehead atoms. The lowest BCUT2D eigenvalue weighted by Gasteiger charge is -2.32. The minimum Gasteiger partial charge on any atom is -0.381 e. The fraction of sp³-hybridized carbons (Fsp3) is 1.00. The van der Waals surface area contributed by atoms with Crippen LogP contribution in [0.3, 0.4) is 0 Å². The summed E-state index contributed by atoms with van der Waals surface area (Å²) in [7, 11) is 0. The fourth-order valence-electron chi connectivity index (χ4n) is 2.28. The van der Waals surface area contributed by atoms with E-state index in [4.69, 9.17) is 33.2 Å². The van der Waals surface area contributed by atoms with Gasteiger partial charge in [-0.3, -0.25) is 0 Å². The molecule has 7 nitrogen and oxygen atoms in total. The first kappa shape index (κ1) is 17.5. The molecule has 3 heterocycles. The molecule has 0 radical (unpaired) electrons. The van der Waals surface area contributed by atoms with Gasteiger partial charge in [0.2, 0.25) is 0 Å². The van der Waals surface area contributed by atoms with Gasteiger partial charge in [0, 0.05) is 6.61 Å². The van der Waals surface area contributed by atoms with Crippen LogP contribution in [0.2, 0.25) is 0 Å². The van der Waals surface area contributed by atoms with E-state index in [0.29, 0.717) is 52.9 Å². The molecular weight excluding hydrogens is 304 g/mol. The van der Waals surface area contributed by atoms with Crippen molar-refractivity contribution in [3.63, 3.8) is 0 Å². The van der Waals surface area contributed by atoms with Crippen molar-refractivity contribution in [3.05, 3.63) is 0 Å². The first-order chi connectivity index (χ1) is 11.3. The van der Waals surface area contributed by atoms with E-state index in [9.17, 15) is 0 Å². The molecule has 3 fully saturated rings. The molecule has 0 saturated carbocycles. The van der Waals surface area contributed by atoms with Gasteiger partial charge in [0.25, 0.3) is 0 Å². The average molecular weight is 332 g/mol. The summed E-state index contributed by atoms with van der Waals surface area (Å²) in [6.45, 7) is 9.02. The van der Waals surface area contributed by atoms with Gasteiger partial charge in [-0.25, -0.2) is 0 Å². The number of ether oxygens (including phenoxy) is 7. The summed E-state index contributed by atoms with van der Waals surface area (Å²) in [4.78, 5) is 0. The Labute approximate surface area is 137 Å². The molecule has 0 aliphatic carbocycles. The fourth-order valence-corrected chi connectivity index (χ4v) is 2.28. The van der Waals surface area contributed by atoms with Crippen molar-refractivity contribution in [2.24, 2.45) is 5.41 Å². The minimum absolute atomic E-state index is 0.251. The van der Waals surface area contributed by atoms with Crippen LogP contribution in [0.25, 0.3) is 0 Å². The third-order valence-corrected chi connectivity index (χ3v) is 3.96. The maximum absolute atomic E-state index is 5.84. The number of hydrogen-bond acceptors (Lipinski definition) is 7. The standard InChI is InChI=1S/C16H28O7/c1-2-17-9-16(10-18-3-13-6-21-13,11-19-4-14-7-22-14)12-20-5-15-8-23-15/h13-15H,2-12H2,1H3. The zero-order valence-corrected chi connectivity index (χ0v) is 13.9. The summed E-state index contributed by atoms with van der Waals surface area (Å²) >= 11 is 0. The molecular formula is C16H28O7. The van der Waals surface area contributed by atoms with E-state index in [2.05, 4.69) is 0 Å². The van der Waals surface area contributed by atoms with Gasteiger partial charge in [-0.2, -0.15) is 0 Å². The molecule has 3 rings (SSSR count). The lowest BCUT2D eigenvalue weighted by Crippen LogP contribution is -2.42. The highest BCUT2D eigenvalue weighted by Gasteiger charge is 2.35. The Balaban J connectivity index is 1.47. The van der Waals surface area contributed by atoms with E-state index in [0.717, 1.165) is 19.8 Å². The van der Waals surface area contributed by atoms with Crippen LogP contribution in [0.1, 0.15) is 6.92 Å². The lowest BCUT2D eigenvalue weighted by molar-refractivity contribution is -0.108. The van der Waals surface area contributed by atoms with E-state index in [1.807, 2.05) is 6.92 Å². The van der Waals surface area contributed by atoms with E-state index in [1.165, 1.54) is 0 Å². The quantitative estimate of drug-likeness (QED) is 0.398. The van der Waals surface area contributed by atoms with Gasteiger partial charge in [0.15, 0.2) is 0 Å². The Kier molecular flexibility index (Phi) is 6.64. The van der Waals surface area contributed by atoms with Crippen LogP contribution in [0, 0.1) is 5.41 Å². The zero-order chi connectivity index (χ0) is 16.0. The second-order valence-corrected chi connectivity index (χ2v) is 6.55. The molecule has 0 aromatic rings. The molecule has 3 aliphatic heterocycles. The van der Waals surface area contributed by atoms with Gasteiger partial charge in [0.05, 0.1) is 71.5 Å². The molecule has 3 aliphatic rings. The monoisotopic (exact) mass is 332 g/mol. The SMILES string of the molecule is CCOCC(COCC1CO1)(COCC1CO1)COCC1CO1. The van der Waals surface area contributed by atoms with Crippen molar-refractivity contribution >= 4 is 0 Å². The molecule has 0 spiro atoms. The molecule has 0 N–H and O–H groups in total. The number of hydrogen-bond donors (Lipinski definition) is 0. The number of rotatable bonds is 15. The van der Waals surface area contributed by atoms with Crippen molar-refractivity contribution in [2.75, 3.05) is 72.7 Å². The first-order valence-corrected chi connectivity index (χ1v) is 8.45. The normalized spacial score (nSPS) is 30.9. The summed E-state index contributed by atoms with van der Waals surface area (Å²) in [5.41, 5.74) is -0.311. The van der Waals surface area contributed by atoms with Gasteiger partial charge >= 0.3 is 0 Å². The van der Waals surface area contributed by atoms with Crippen molar-refractivity contribution in [2.45, 2.75) is 25.2 Å². The summed E-state index contributed by atoms with van der Waals surface area (Å²) in [6, 6.07) is 0. The van der Waals surface area contributed by atoms with Gasteiger partial charge < -0.3 is 33.2 Å². The largest absolute Gasteiger partial charge is 0.381 e. The van der Waals surface area contributed by atoms with E-state index in [-0.39, 0.29) is 23.7 Å². The molecule has 0 amide bonds. The predicted octanol–water partition coefficient (Wildman–Crippen LogP) is 0.256. The summed E-state index contributed by atoms with van der Waals surface area (Å²) < 4.78 is 38.8. The highest BCUT2D eigenvalue weighted by atomic mass is 16.6. The highest BCUT2D eigenvalue weighted by Crippen LogP contribution is 2.23. The van der Waals surface area contributed by atoms with Crippen LogP contribution in [0.5, 0.6) is 0 Å². The van der Waals surface area contributed by atoms with Crippen molar-refractivity contribution in [1.29, 1.82) is 0 Å². The van der Waals surface area contributed by atoms with Crippen LogP contribution in [0.4, 0.5) is 0 Å². The summed E-state index contributed by atoms with van der Waals surface area (Å²) in [5, 5.41) is 0. The second-order valence-electron chi connectivity index (χ2n) is 6.55. The Morgan fingerprint density at radius 3 is 1.35 bits per heavy atom. The van der Waals surface area contributed by atoms with Crippen LogP contribution >= 0.6 is 0 Å². The van der Waals surface area contributed by atoms with E-state index >= 15 is 0 Å². The topological polar surface area (TPSA) is 74.5 Å². The Hall–Kier alpha value is -0.280. The van der Waals surface area contributed by atoms with E-state index in [1.54, 1.807) is 0 Å². The molecule has 134 valence electrons. The van der Waals surface area contributed by atoms with Crippen LogP contribution in [-0.4, -0.2) is 91.0 Å². The third-order valence-electron chi connectivity index (χ3n) is 3.96. The zero-order valence-electron chi connectivity index (χ0n) is 13.9. The molecule has 0 aromatic carbocycles. The van der Waals surface area contributed by atoms with Gasteiger partial charge in [-0.15, -0.1) is 0 Å². The maximum atomic E-state index is 5.84. The molecule has 7 heteroatoms. The molecule has 23 heavy (non-hydrogen) atoms. The highest BCUT2D eigenvalue weighted by molar-refractivity contribution is 4.82. The van der Waals surface area contributed by atoms with Crippen LogP contribution < -0.4 is 0 Å². The molecule has 0 aromatic heterocycles. The van der Waals surface area contributed by atoms with Crippen molar-refractivity contribution in [1.82, 2.24) is 0 Å². The summed E-state index contributed by atoms with van der Waals surface area (Å²) in [5.74, 6) is 0. The van der Waals surface area contributed by atoms with Gasteiger partial charge in [-0.1, -0.05) is 0 Å². The predicted molar refractivity (Wildman–Crippen MR) is 80.6 cm³/mol. The van der Waals surface area contributed by atoms with Gasteiger partial charge in [-0.05, 0) is 6.92 Å². The second kappa shape index (κ2) is 8.71. The lowest BCUT2D eigenvalue weighted by atomic mass is 9.92. The van der Waals surface area contributed by atoms with Crippen LogP contribution in [-0.2, 0) is 33.2 Å². The minimum atomic E-state index is -0.311.